The maximum atomic E-state index is 9.89. The Balaban J connectivity index is 2.40. The van der Waals surface area contributed by atoms with Gasteiger partial charge in [0.05, 0.1) is 12.1 Å². The molecule has 0 spiro atoms. The molecule has 0 saturated carbocycles. The largest absolute Gasteiger partial charge is 0.506 e. The Morgan fingerprint density at radius 1 is 1.15 bits per heavy atom. The van der Waals surface area contributed by atoms with Crippen molar-refractivity contribution in [3.05, 3.63) is 45.9 Å². The summed E-state index contributed by atoms with van der Waals surface area (Å²) in [6.07, 6.45) is 1.36. The molecule has 0 aliphatic rings. The summed E-state index contributed by atoms with van der Waals surface area (Å²) >= 11 is 11.7. The minimum Gasteiger partial charge on any atom is -0.506 e. The van der Waals surface area contributed by atoms with E-state index < -0.39 is 0 Å². The Kier molecular flexibility index (Phi) is 4.37. The van der Waals surface area contributed by atoms with E-state index in [9.17, 15) is 10.2 Å². The van der Waals surface area contributed by atoms with Crippen LogP contribution in [0.3, 0.4) is 0 Å². The number of aromatic hydroxyl groups is 2. The number of nitrogens with zero attached hydrogens (tertiary/aromatic N) is 1. The average Bonchev–Trinajstić information content (AvgIpc) is 2.42. The predicted molar refractivity (Wildman–Crippen MR) is 80.0 cm³/mol. The van der Waals surface area contributed by atoms with Crippen LogP contribution in [0.5, 0.6) is 17.2 Å². The normalized spacial score (nSPS) is 10.9. The molecule has 0 amide bonds. The molecular weight excluding hydrogens is 301 g/mol. The standard InChI is InChI=1S/C14H11Cl2NO3/c1-20-12-4-2-3-11(14(12)19)17-7-8-5-9(15)6-10(16)13(8)18/h2-7,18-19H,1H3. The first-order valence-corrected chi connectivity index (χ1v) is 6.36. The smallest absolute Gasteiger partial charge is 0.183 e. The lowest BCUT2D eigenvalue weighted by Crippen LogP contribution is -1.85. The number of phenols is 2. The summed E-state index contributed by atoms with van der Waals surface area (Å²) in [6, 6.07) is 7.86. The number of para-hydroxylation sites is 1. The van der Waals surface area contributed by atoms with Crippen LogP contribution in [0.4, 0.5) is 5.69 Å². The van der Waals surface area contributed by atoms with Gasteiger partial charge in [0.25, 0.3) is 0 Å². The zero-order valence-corrected chi connectivity index (χ0v) is 12.0. The molecule has 20 heavy (non-hydrogen) atoms. The van der Waals surface area contributed by atoms with Gasteiger partial charge in [-0.2, -0.15) is 0 Å². The van der Waals surface area contributed by atoms with Crippen molar-refractivity contribution < 1.29 is 14.9 Å². The molecule has 0 fully saturated rings. The van der Waals surface area contributed by atoms with Gasteiger partial charge in [-0.15, -0.1) is 0 Å². The summed E-state index contributed by atoms with van der Waals surface area (Å²) in [5.74, 6) is 0.106. The Labute approximate surface area is 125 Å². The summed E-state index contributed by atoms with van der Waals surface area (Å²) in [6.45, 7) is 0. The van der Waals surface area contributed by atoms with Gasteiger partial charge in [0, 0.05) is 16.8 Å². The van der Waals surface area contributed by atoms with Crippen molar-refractivity contribution in [2.24, 2.45) is 4.99 Å². The highest BCUT2D eigenvalue weighted by atomic mass is 35.5. The lowest BCUT2D eigenvalue weighted by Gasteiger charge is -2.05. The molecule has 104 valence electrons. The van der Waals surface area contributed by atoms with E-state index in [1.807, 2.05) is 0 Å². The van der Waals surface area contributed by atoms with Crippen LogP contribution >= 0.6 is 23.2 Å². The molecule has 0 heterocycles. The second-order valence-corrected chi connectivity index (χ2v) is 4.76. The third-order valence-corrected chi connectivity index (χ3v) is 3.10. The van der Waals surface area contributed by atoms with E-state index in [0.29, 0.717) is 22.0 Å². The SMILES string of the molecule is COc1cccc(N=Cc2cc(Cl)cc(Cl)c2O)c1O. The summed E-state index contributed by atoms with van der Waals surface area (Å²) in [7, 11) is 1.45. The van der Waals surface area contributed by atoms with Crippen LogP contribution in [-0.2, 0) is 0 Å². The first-order valence-electron chi connectivity index (χ1n) is 5.61. The quantitative estimate of drug-likeness (QED) is 0.836. The Hall–Kier alpha value is -1.91. The number of hydrogen-bond acceptors (Lipinski definition) is 4. The van der Waals surface area contributed by atoms with E-state index in [-0.39, 0.29) is 16.5 Å². The molecule has 0 radical (unpaired) electrons. The number of hydrogen-bond donors (Lipinski definition) is 2. The molecule has 2 N–H and O–H groups in total. The molecule has 0 unspecified atom stereocenters. The second kappa shape index (κ2) is 6.03. The molecule has 2 aromatic carbocycles. The van der Waals surface area contributed by atoms with Crippen molar-refractivity contribution in [2.45, 2.75) is 0 Å². The predicted octanol–water partition coefficient (Wildman–Crippen LogP) is 4.16. The number of halogens is 2. The monoisotopic (exact) mass is 311 g/mol. The molecule has 0 aromatic heterocycles. The summed E-state index contributed by atoms with van der Waals surface area (Å²) < 4.78 is 4.98. The second-order valence-electron chi connectivity index (χ2n) is 3.91. The highest BCUT2D eigenvalue weighted by Crippen LogP contribution is 2.36. The average molecular weight is 312 g/mol. The molecule has 0 aliphatic heterocycles. The fourth-order valence-corrected chi connectivity index (χ4v) is 2.11. The van der Waals surface area contributed by atoms with Gasteiger partial charge < -0.3 is 14.9 Å². The van der Waals surface area contributed by atoms with Gasteiger partial charge in [0.2, 0.25) is 0 Å². The van der Waals surface area contributed by atoms with Gasteiger partial charge in [-0.3, -0.25) is 4.99 Å². The van der Waals surface area contributed by atoms with Gasteiger partial charge in [-0.1, -0.05) is 29.3 Å². The van der Waals surface area contributed by atoms with Crippen molar-refractivity contribution in [3.8, 4) is 17.2 Å². The fourth-order valence-electron chi connectivity index (χ4n) is 1.60. The van der Waals surface area contributed by atoms with E-state index in [1.165, 1.54) is 25.5 Å². The molecule has 4 nitrogen and oxygen atoms in total. The zero-order valence-electron chi connectivity index (χ0n) is 10.5. The highest BCUT2D eigenvalue weighted by Gasteiger charge is 2.08. The van der Waals surface area contributed by atoms with Crippen LogP contribution in [-0.4, -0.2) is 23.5 Å². The van der Waals surface area contributed by atoms with Gasteiger partial charge in [0.1, 0.15) is 11.4 Å². The number of aliphatic imine (C=N–C) groups is 1. The van der Waals surface area contributed by atoms with Gasteiger partial charge in [-0.25, -0.2) is 0 Å². The first kappa shape index (κ1) is 14.5. The molecule has 0 atom stereocenters. The number of ether oxygens (including phenoxy) is 1. The van der Waals surface area contributed by atoms with Crippen molar-refractivity contribution in [1.29, 1.82) is 0 Å². The Morgan fingerprint density at radius 2 is 1.90 bits per heavy atom. The van der Waals surface area contributed by atoms with Crippen molar-refractivity contribution in [3.63, 3.8) is 0 Å². The minimum absolute atomic E-state index is 0.0844. The van der Waals surface area contributed by atoms with Gasteiger partial charge in [-0.05, 0) is 24.3 Å². The Bertz CT molecular complexity index is 672. The third kappa shape index (κ3) is 2.98. The van der Waals surface area contributed by atoms with Crippen molar-refractivity contribution in [2.75, 3.05) is 7.11 Å². The van der Waals surface area contributed by atoms with E-state index in [2.05, 4.69) is 4.99 Å². The van der Waals surface area contributed by atoms with E-state index in [0.717, 1.165) is 0 Å². The molecular formula is C14H11Cl2NO3. The maximum Gasteiger partial charge on any atom is 0.183 e. The lowest BCUT2D eigenvalue weighted by atomic mass is 10.2. The molecule has 6 heteroatoms. The number of phenolic OH excluding ortho intramolecular Hbond substituents is 2. The topological polar surface area (TPSA) is 62.0 Å². The van der Waals surface area contributed by atoms with Crippen molar-refractivity contribution in [1.82, 2.24) is 0 Å². The van der Waals surface area contributed by atoms with Crippen LogP contribution in [0.1, 0.15) is 5.56 Å². The van der Waals surface area contributed by atoms with E-state index in [4.69, 9.17) is 27.9 Å². The maximum absolute atomic E-state index is 9.89. The van der Waals surface area contributed by atoms with Gasteiger partial charge >= 0.3 is 0 Å². The van der Waals surface area contributed by atoms with Crippen molar-refractivity contribution >= 4 is 35.1 Å². The first-order chi connectivity index (χ1) is 9.52. The third-order valence-electron chi connectivity index (χ3n) is 2.60. The van der Waals surface area contributed by atoms with Crippen LogP contribution in [0.25, 0.3) is 0 Å². The van der Waals surface area contributed by atoms with E-state index in [1.54, 1.807) is 18.2 Å². The number of benzene rings is 2. The highest BCUT2D eigenvalue weighted by molar-refractivity contribution is 6.36. The molecule has 2 aromatic rings. The molecule has 0 aliphatic carbocycles. The number of methoxy groups -OCH3 is 1. The minimum atomic E-state index is -0.123. The van der Waals surface area contributed by atoms with Gasteiger partial charge in [0.15, 0.2) is 11.5 Å². The van der Waals surface area contributed by atoms with Crippen LogP contribution in [0, 0.1) is 0 Å². The summed E-state index contributed by atoms with van der Waals surface area (Å²) in [4.78, 5) is 4.10. The zero-order chi connectivity index (χ0) is 14.7. The Morgan fingerprint density at radius 3 is 2.60 bits per heavy atom. The lowest BCUT2D eigenvalue weighted by molar-refractivity contribution is 0.374. The van der Waals surface area contributed by atoms with Crippen LogP contribution < -0.4 is 4.74 Å². The number of rotatable bonds is 3. The van der Waals surface area contributed by atoms with Crippen LogP contribution in [0.15, 0.2) is 35.3 Å². The summed E-state index contributed by atoms with van der Waals surface area (Å²) in [5.41, 5.74) is 0.657. The fraction of sp³-hybridized carbons (Fsp3) is 0.0714. The molecule has 0 bridgehead atoms. The molecule has 0 saturated heterocycles. The molecule has 2 rings (SSSR count). The van der Waals surface area contributed by atoms with Crippen LogP contribution in [0.2, 0.25) is 10.0 Å². The summed E-state index contributed by atoms with van der Waals surface area (Å²) in [5, 5.41) is 20.2. The van der Waals surface area contributed by atoms with E-state index >= 15 is 0 Å².